The van der Waals surface area contributed by atoms with E-state index in [9.17, 15) is 0 Å². The Labute approximate surface area is 46.6 Å². The monoisotopic (exact) mass is 118 g/mol. The van der Waals surface area contributed by atoms with Crippen LogP contribution in [0, 0.1) is 0 Å². The summed E-state index contributed by atoms with van der Waals surface area (Å²) in [6.07, 6.45) is 6.23. The molecule has 0 N–H and O–H groups in total. The molecule has 1 rings (SSSR count). The van der Waals surface area contributed by atoms with Crippen LogP contribution in [-0.2, 0) is 0 Å². The quantitative estimate of drug-likeness (QED) is 0.425. The molecule has 0 aromatic rings. The Morgan fingerprint density at radius 3 is 1.57 bits per heavy atom. The molecule has 1 fully saturated rings. The van der Waals surface area contributed by atoms with Crippen molar-refractivity contribution >= 4 is 7.26 Å². The number of hydrogen-bond donors (Lipinski definition) is 0. The Kier molecular flexibility index (Phi) is 1.39. The third-order valence-electron chi connectivity index (χ3n) is 1.96. The van der Waals surface area contributed by atoms with Gasteiger partial charge < -0.3 is 0 Å². The molecule has 7 heavy (non-hydrogen) atoms. The summed E-state index contributed by atoms with van der Waals surface area (Å²) >= 11 is 0. The summed E-state index contributed by atoms with van der Waals surface area (Å²) in [4.78, 5) is 0. The molecule has 1 aliphatic rings. The number of hydrogen-bond acceptors (Lipinski definition) is 0. The van der Waals surface area contributed by atoms with Gasteiger partial charge in [-0.2, -0.15) is 0 Å². The van der Waals surface area contributed by atoms with Crippen LogP contribution in [0.25, 0.3) is 0 Å². The molecule has 0 aromatic heterocycles. The van der Waals surface area contributed by atoms with E-state index in [1.165, 1.54) is 12.8 Å². The summed E-state index contributed by atoms with van der Waals surface area (Å²) in [6, 6.07) is 0. The van der Waals surface area contributed by atoms with E-state index in [1.807, 2.05) is 0 Å². The van der Waals surface area contributed by atoms with Gasteiger partial charge in [0.15, 0.2) is 0 Å². The SMILES string of the molecule is C[PH]1(C)CCCC1. The van der Waals surface area contributed by atoms with Crippen LogP contribution in [0.5, 0.6) is 0 Å². The molecule has 1 aliphatic heterocycles. The molecule has 0 atom stereocenters. The van der Waals surface area contributed by atoms with Crippen LogP contribution in [-0.4, -0.2) is 25.7 Å². The van der Waals surface area contributed by atoms with Crippen molar-refractivity contribution in [3.63, 3.8) is 0 Å². The first-order chi connectivity index (χ1) is 3.21. The predicted molar refractivity (Wildman–Crippen MR) is 39.1 cm³/mol. The van der Waals surface area contributed by atoms with Gasteiger partial charge in [0.25, 0.3) is 0 Å². The molecule has 0 bridgehead atoms. The molecule has 0 nitrogen and oxygen atoms in total. The van der Waals surface area contributed by atoms with Crippen LogP contribution in [0.3, 0.4) is 0 Å². The third kappa shape index (κ3) is 1.42. The van der Waals surface area contributed by atoms with Crippen molar-refractivity contribution in [2.75, 3.05) is 25.7 Å². The summed E-state index contributed by atoms with van der Waals surface area (Å²) in [7, 11) is -0.540. The Hall–Kier alpha value is 0.430. The van der Waals surface area contributed by atoms with E-state index in [2.05, 4.69) is 13.3 Å². The van der Waals surface area contributed by atoms with Gasteiger partial charge in [-0.3, -0.25) is 0 Å². The molecular formula is C6H15P. The molecule has 0 saturated carbocycles. The average molecular weight is 118 g/mol. The Morgan fingerprint density at radius 1 is 1.00 bits per heavy atom. The van der Waals surface area contributed by atoms with Gasteiger partial charge in [-0.25, -0.2) is 0 Å². The summed E-state index contributed by atoms with van der Waals surface area (Å²) in [5, 5.41) is 0. The maximum atomic E-state index is 2.50. The predicted octanol–water partition coefficient (Wildman–Crippen LogP) is 1.79. The van der Waals surface area contributed by atoms with E-state index in [1.54, 1.807) is 12.3 Å². The van der Waals surface area contributed by atoms with Crippen molar-refractivity contribution in [2.45, 2.75) is 12.8 Å². The van der Waals surface area contributed by atoms with Gasteiger partial charge in [0, 0.05) is 0 Å². The maximum absolute atomic E-state index is 2.50. The Bertz CT molecular complexity index is 58.6. The van der Waals surface area contributed by atoms with Crippen LogP contribution in [0.15, 0.2) is 0 Å². The molecule has 0 aromatic carbocycles. The minimum atomic E-state index is -0.540. The van der Waals surface area contributed by atoms with Crippen molar-refractivity contribution in [3.05, 3.63) is 0 Å². The van der Waals surface area contributed by atoms with Gasteiger partial charge in [-0.15, -0.1) is 0 Å². The molecular weight excluding hydrogens is 103 g/mol. The Morgan fingerprint density at radius 2 is 1.43 bits per heavy atom. The molecule has 0 aliphatic carbocycles. The first kappa shape index (κ1) is 5.56. The van der Waals surface area contributed by atoms with Crippen LogP contribution in [0.1, 0.15) is 12.8 Å². The van der Waals surface area contributed by atoms with Gasteiger partial charge in [0.2, 0.25) is 0 Å². The van der Waals surface area contributed by atoms with Crippen LogP contribution >= 0.6 is 7.26 Å². The van der Waals surface area contributed by atoms with E-state index >= 15 is 0 Å². The van der Waals surface area contributed by atoms with Gasteiger partial charge in [0.1, 0.15) is 0 Å². The molecule has 1 saturated heterocycles. The summed E-state index contributed by atoms with van der Waals surface area (Å²) in [6.45, 7) is 5.00. The molecule has 1 heteroatoms. The molecule has 44 valence electrons. The topological polar surface area (TPSA) is 0 Å². The fourth-order valence-electron chi connectivity index (χ4n) is 1.33. The second kappa shape index (κ2) is 1.74. The van der Waals surface area contributed by atoms with E-state index in [4.69, 9.17) is 0 Å². The zero-order valence-corrected chi connectivity index (χ0v) is 6.33. The fraction of sp³-hybridized carbons (Fsp3) is 1.00. The van der Waals surface area contributed by atoms with Gasteiger partial charge in [-0.05, 0) is 0 Å². The zero-order valence-electron chi connectivity index (χ0n) is 5.33. The van der Waals surface area contributed by atoms with Gasteiger partial charge in [0.05, 0.1) is 0 Å². The Balaban J connectivity index is 2.40. The van der Waals surface area contributed by atoms with Crippen LogP contribution in [0.4, 0.5) is 0 Å². The summed E-state index contributed by atoms with van der Waals surface area (Å²) in [5.41, 5.74) is 0. The van der Waals surface area contributed by atoms with Gasteiger partial charge in [-0.1, -0.05) is 0 Å². The molecule has 0 radical (unpaired) electrons. The minimum absolute atomic E-state index is 0.540. The van der Waals surface area contributed by atoms with Crippen LogP contribution < -0.4 is 0 Å². The van der Waals surface area contributed by atoms with Crippen molar-refractivity contribution < 1.29 is 0 Å². The van der Waals surface area contributed by atoms with E-state index < -0.39 is 7.26 Å². The molecule has 0 unspecified atom stereocenters. The first-order valence-corrected chi connectivity index (χ1v) is 6.62. The van der Waals surface area contributed by atoms with Crippen molar-refractivity contribution in [1.82, 2.24) is 0 Å². The zero-order chi connectivity index (χ0) is 5.33. The number of rotatable bonds is 0. The fourth-order valence-corrected chi connectivity index (χ4v) is 4.00. The van der Waals surface area contributed by atoms with Gasteiger partial charge >= 0.3 is 45.8 Å². The van der Waals surface area contributed by atoms with E-state index in [0.717, 1.165) is 0 Å². The first-order valence-electron chi connectivity index (χ1n) is 3.21. The third-order valence-corrected chi connectivity index (χ3v) is 5.37. The average Bonchev–Trinajstić information content (AvgIpc) is 1.84. The summed E-state index contributed by atoms with van der Waals surface area (Å²) in [5.74, 6) is 0. The van der Waals surface area contributed by atoms with E-state index in [-0.39, 0.29) is 0 Å². The second-order valence-corrected chi connectivity index (χ2v) is 8.70. The van der Waals surface area contributed by atoms with Crippen molar-refractivity contribution in [3.8, 4) is 0 Å². The summed E-state index contributed by atoms with van der Waals surface area (Å²) < 4.78 is 0. The van der Waals surface area contributed by atoms with Crippen molar-refractivity contribution in [1.29, 1.82) is 0 Å². The second-order valence-electron chi connectivity index (χ2n) is 3.37. The standard InChI is InChI=1S/C6H15P/c1-7(2)5-3-4-6-7/h7H,3-6H2,1-2H3. The molecule has 1 heterocycles. The van der Waals surface area contributed by atoms with E-state index in [0.29, 0.717) is 0 Å². The van der Waals surface area contributed by atoms with Crippen LogP contribution in [0.2, 0.25) is 0 Å². The molecule has 0 spiro atoms. The normalized spacial score (nSPS) is 32.9. The molecule has 0 amide bonds. The van der Waals surface area contributed by atoms with Crippen molar-refractivity contribution in [2.24, 2.45) is 0 Å².